The van der Waals surface area contributed by atoms with Crippen LogP contribution in [0, 0.1) is 11.8 Å². The molecule has 2 atom stereocenters. The standard InChI is InChI=1S/C15H17N3O3/c19-14(9-5-6-10(9)15(20)21)16-8-7-13-17-11-3-1-2-4-12(11)18-13/h1-4,9-10H,5-8H2,(H,16,19)(H,17,18)(H,20,21). The summed E-state index contributed by atoms with van der Waals surface area (Å²) in [4.78, 5) is 30.4. The molecule has 1 amide bonds. The van der Waals surface area contributed by atoms with E-state index in [9.17, 15) is 9.59 Å². The van der Waals surface area contributed by atoms with Gasteiger partial charge in [0.05, 0.1) is 22.9 Å². The zero-order valence-corrected chi connectivity index (χ0v) is 11.5. The van der Waals surface area contributed by atoms with Crippen LogP contribution < -0.4 is 5.32 Å². The molecule has 1 heterocycles. The Morgan fingerprint density at radius 3 is 2.71 bits per heavy atom. The zero-order valence-electron chi connectivity index (χ0n) is 11.5. The molecule has 3 N–H and O–H groups in total. The summed E-state index contributed by atoms with van der Waals surface area (Å²) in [6.45, 7) is 0.460. The van der Waals surface area contributed by atoms with Crippen molar-refractivity contribution in [2.45, 2.75) is 19.3 Å². The lowest BCUT2D eigenvalue weighted by molar-refractivity contribution is -0.152. The SMILES string of the molecule is O=C(O)C1CCC1C(=O)NCCc1nc2ccccc2[nH]1. The number of carboxylic acids is 1. The summed E-state index contributed by atoms with van der Waals surface area (Å²) in [5, 5.41) is 11.7. The molecular weight excluding hydrogens is 270 g/mol. The van der Waals surface area contributed by atoms with Gasteiger partial charge in [0.1, 0.15) is 5.82 Å². The average Bonchev–Trinajstić information content (AvgIpc) is 2.79. The number of H-pyrrole nitrogens is 1. The van der Waals surface area contributed by atoms with Crippen LogP contribution in [-0.4, -0.2) is 33.5 Å². The summed E-state index contributed by atoms with van der Waals surface area (Å²) in [5.41, 5.74) is 1.88. The van der Waals surface area contributed by atoms with E-state index < -0.39 is 11.9 Å². The van der Waals surface area contributed by atoms with Crippen LogP contribution in [0.15, 0.2) is 24.3 Å². The maximum atomic E-state index is 11.9. The Hall–Kier alpha value is -2.37. The third-order valence-corrected chi connectivity index (χ3v) is 4.03. The molecule has 0 bridgehead atoms. The van der Waals surface area contributed by atoms with Crippen molar-refractivity contribution in [2.75, 3.05) is 6.54 Å². The highest BCUT2D eigenvalue weighted by atomic mass is 16.4. The maximum Gasteiger partial charge on any atom is 0.307 e. The number of hydrogen-bond donors (Lipinski definition) is 3. The molecule has 6 heteroatoms. The van der Waals surface area contributed by atoms with Crippen LogP contribution in [-0.2, 0) is 16.0 Å². The average molecular weight is 287 g/mol. The number of aliphatic carboxylic acids is 1. The molecule has 1 fully saturated rings. The van der Waals surface area contributed by atoms with Gasteiger partial charge < -0.3 is 15.4 Å². The van der Waals surface area contributed by atoms with Crippen LogP contribution in [0.5, 0.6) is 0 Å². The largest absolute Gasteiger partial charge is 0.481 e. The first-order valence-electron chi connectivity index (χ1n) is 7.09. The lowest BCUT2D eigenvalue weighted by atomic mass is 9.73. The molecule has 1 aliphatic carbocycles. The lowest BCUT2D eigenvalue weighted by Crippen LogP contribution is -2.44. The molecule has 1 aromatic carbocycles. The van der Waals surface area contributed by atoms with Crippen LogP contribution in [0.4, 0.5) is 0 Å². The number of fused-ring (bicyclic) bond motifs is 1. The Morgan fingerprint density at radius 1 is 1.29 bits per heavy atom. The van der Waals surface area contributed by atoms with Crippen molar-refractivity contribution in [3.8, 4) is 0 Å². The van der Waals surface area contributed by atoms with Crippen LogP contribution in [0.2, 0.25) is 0 Å². The third-order valence-electron chi connectivity index (χ3n) is 4.03. The number of carbonyl (C=O) groups excluding carboxylic acids is 1. The van der Waals surface area contributed by atoms with Gasteiger partial charge in [-0.25, -0.2) is 4.98 Å². The third kappa shape index (κ3) is 2.74. The van der Waals surface area contributed by atoms with Crippen LogP contribution in [0.3, 0.4) is 0 Å². The topological polar surface area (TPSA) is 95.1 Å². The molecule has 0 spiro atoms. The second-order valence-electron chi connectivity index (χ2n) is 5.37. The Balaban J connectivity index is 1.52. The summed E-state index contributed by atoms with van der Waals surface area (Å²) in [5.74, 6) is -1.11. The van der Waals surface area contributed by atoms with Crippen molar-refractivity contribution >= 4 is 22.9 Å². The Bertz CT molecular complexity index is 647. The van der Waals surface area contributed by atoms with Crippen LogP contribution >= 0.6 is 0 Å². The molecule has 3 rings (SSSR count). The number of benzene rings is 1. The van der Waals surface area contributed by atoms with Gasteiger partial charge in [-0.2, -0.15) is 0 Å². The van der Waals surface area contributed by atoms with Crippen molar-refractivity contribution in [3.05, 3.63) is 30.1 Å². The molecule has 2 aromatic rings. The minimum atomic E-state index is -0.876. The fourth-order valence-electron chi connectivity index (χ4n) is 2.67. The van der Waals surface area contributed by atoms with E-state index in [4.69, 9.17) is 5.11 Å². The molecule has 6 nitrogen and oxygen atoms in total. The number of para-hydroxylation sites is 2. The normalized spacial score (nSPS) is 21.0. The number of amides is 1. The van der Waals surface area contributed by atoms with Gasteiger partial charge in [0.25, 0.3) is 0 Å². The lowest BCUT2D eigenvalue weighted by Gasteiger charge is -2.31. The first kappa shape index (κ1) is 13.6. The number of imidazole rings is 1. The van der Waals surface area contributed by atoms with Gasteiger partial charge in [0.15, 0.2) is 0 Å². The van der Waals surface area contributed by atoms with Gasteiger partial charge >= 0.3 is 5.97 Å². The number of hydrogen-bond acceptors (Lipinski definition) is 3. The summed E-state index contributed by atoms with van der Waals surface area (Å²) >= 11 is 0. The number of aromatic amines is 1. The van der Waals surface area contributed by atoms with E-state index in [1.807, 2.05) is 24.3 Å². The predicted octanol–water partition coefficient (Wildman–Crippen LogP) is 1.33. The quantitative estimate of drug-likeness (QED) is 0.773. The van der Waals surface area contributed by atoms with E-state index >= 15 is 0 Å². The minimum Gasteiger partial charge on any atom is -0.481 e. The summed E-state index contributed by atoms with van der Waals surface area (Å²) in [6, 6.07) is 7.75. The van der Waals surface area contributed by atoms with E-state index in [1.54, 1.807) is 0 Å². The zero-order chi connectivity index (χ0) is 14.8. The van der Waals surface area contributed by atoms with E-state index in [1.165, 1.54) is 0 Å². The summed E-state index contributed by atoms with van der Waals surface area (Å²) in [7, 11) is 0. The second kappa shape index (κ2) is 5.55. The van der Waals surface area contributed by atoms with Gasteiger partial charge in [-0.1, -0.05) is 12.1 Å². The number of rotatable bonds is 5. The van der Waals surface area contributed by atoms with Crippen molar-refractivity contribution < 1.29 is 14.7 Å². The molecule has 21 heavy (non-hydrogen) atoms. The molecule has 1 aromatic heterocycles. The van der Waals surface area contributed by atoms with E-state index in [0.29, 0.717) is 25.8 Å². The maximum absolute atomic E-state index is 11.9. The highest BCUT2D eigenvalue weighted by molar-refractivity contribution is 5.86. The molecule has 0 aliphatic heterocycles. The fraction of sp³-hybridized carbons (Fsp3) is 0.400. The fourth-order valence-corrected chi connectivity index (χ4v) is 2.67. The second-order valence-corrected chi connectivity index (χ2v) is 5.37. The Morgan fingerprint density at radius 2 is 2.05 bits per heavy atom. The van der Waals surface area contributed by atoms with Gasteiger partial charge in [0.2, 0.25) is 5.91 Å². The first-order chi connectivity index (χ1) is 10.1. The monoisotopic (exact) mass is 287 g/mol. The summed E-state index contributed by atoms with van der Waals surface area (Å²) in [6.07, 6.45) is 1.86. The minimum absolute atomic E-state index is 0.162. The Labute approximate surface area is 121 Å². The van der Waals surface area contributed by atoms with Crippen molar-refractivity contribution in [3.63, 3.8) is 0 Å². The number of carboxylic acid groups (broad SMARTS) is 1. The number of nitrogens with zero attached hydrogens (tertiary/aromatic N) is 1. The molecule has 1 saturated carbocycles. The first-order valence-corrected chi connectivity index (χ1v) is 7.09. The summed E-state index contributed by atoms with van der Waals surface area (Å²) < 4.78 is 0. The van der Waals surface area contributed by atoms with Crippen LogP contribution in [0.25, 0.3) is 11.0 Å². The van der Waals surface area contributed by atoms with Gasteiger partial charge in [-0.3, -0.25) is 9.59 Å². The number of aromatic nitrogens is 2. The van der Waals surface area contributed by atoms with Gasteiger partial charge in [-0.15, -0.1) is 0 Å². The van der Waals surface area contributed by atoms with Crippen molar-refractivity contribution in [1.29, 1.82) is 0 Å². The molecule has 0 saturated heterocycles. The van der Waals surface area contributed by atoms with Crippen molar-refractivity contribution in [2.24, 2.45) is 11.8 Å². The number of nitrogens with one attached hydrogen (secondary N) is 2. The molecule has 0 radical (unpaired) electrons. The molecule has 1 aliphatic rings. The van der Waals surface area contributed by atoms with E-state index in [-0.39, 0.29) is 11.8 Å². The van der Waals surface area contributed by atoms with Crippen molar-refractivity contribution in [1.82, 2.24) is 15.3 Å². The molecule has 2 unspecified atom stereocenters. The van der Waals surface area contributed by atoms with Crippen LogP contribution in [0.1, 0.15) is 18.7 Å². The highest BCUT2D eigenvalue weighted by Crippen LogP contribution is 2.34. The smallest absolute Gasteiger partial charge is 0.307 e. The molecule has 110 valence electrons. The van der Waals surface area contributed by atoms with Gasteiger partial charge in [-0.05, 0) is 25.0 Å². The Kier molecular flexibility index (Phi) is 3.60. The predicted molar refractivity (Wildman–Crippen MR) is 76.7 cm³/mol. The van der Waals surface area contributed by atoms with Gasteiger partial charge in [0, 0.05) is 13.0 Å². The molecular formula is C15H17N3O3. The number of carbonyl (C=O) groups is 2. The van der Waals surface area contributed by atoms with E-state index in [0.717, 1.165) is 16.9 Å². The highest BCUT2D eigenvalue weighted by Gasteiger charge is 2.41. The van der Waals surface area contributed by atoms with E-state index in [2.05, 4.69) is 15.3 Å².